The molecule has 4 aromatic heterocycles. The minimum Gasteiger partial charge on any atom is -0.383 e. The molecule has 4 aromatic rings. The molecule has 4 rings (SSSR count). The molecule has 0 fully saturated rings. The summed E-state index contributed by atoms with van der Waals surface area (Å²) in [6, 6.07) is 7.20. The number of carbonyl (C=O) groups excluding carboxylic acids is 1. The number of pyridine rings is 2. The van der Waals surface area contributed by atoms with Crippen molar-refractivity contribution in [3.8, 4) is 5.82 Å². The Kier molecular flexibility index (Phi) is 3.96. The van der Waals surface area contributed by atoms with E-state index in [0.29, 0.717) is 0 Å². The molecule has 4 heterocycles. The molecule has 0 aliphatic heterocycles. The summed E-state index contributed by atoms with van der Waals surface area (Å²) >= 11 is 0. The normalized spacial score (nSPS) is 10.9. The summed E-state index contributed by atoms with van der Waals surface area (Å²) < 4.78 is 15.6. The van der Waals surface area contributed by atoms with E-state index in [4.69, 9.17) is 11.5 Å². The smallest absolute Gasteiger partial charge is 0.279 e. The third-order valence-electron chi connectivity index (χ3n) is 3.93. The first-order valence-corrected chi connectivity index (χ1v) is 7.99. The molecule has 0 aliphatic carbocycles. The Hall–Kier alpha value is -4.28. The van der Waals surface area contributed by atoms with Gasteiger partial charge in [-0.1, -0.05) is 0 Å². The summed E-state index contributed by atoms with van der Waals surface area (Å²) in [6.07, 6.45) is 3.78. The summed E-state index contributed by atoms with van der Waals surface area (Å²) in [7, 11) is 0. The molecule has 0 bridgehead atoms. The second-order valence-corrected chi connectivity index (χ2v) is 5.78. The standard InChI is InChI=1S/C17H13FN8O2/c18-9-3-4-14(21-7-9)25-5-1-2-11(17(25)28)23-13-6-12(19)26-16(24-13)10(8-22-26)15(20)27/h1-8H,19H2,(H2,20,27)(H,23,24). The van der Waals surface area contributed by atoms with Gasteiger partial charge >= 0.3 is 0 Å². The highest BCUT2D eigenvalue weighted by Gasteiger charge is 2.15. The molecule has 11 heteroatoms. The number of halogens is 1. The van der Waals surface area contributed by atoms with Crippen LogP contribution in [0.4, 0.5) is 21.7 Å². The lowest BCUT2D eigenvalue weighted by Crippen LogP contribution is -2.21. The van der Waals surface area contributed by atoms with Crippen LogP contribution >= 0.6 is 0 Å². The highest BCUT2D eigenvalue weighted by molar-refractivity contribution is 5.98. The van der Waals surface area contributed by atoms with Crippen LogP contribution in [0.2, 0.25) is 0 Å². The van der Waals surface area contributed by atoms with Crippen molar-refractivity contribution < 1.29 is 9.18 Å². The van der Waals surface area contributed by atoms with Gasteiger partial charge in [-0.25, -0.2) is 14.4 Å². The Morgan fingerprint density at radius 1 is 1.21 bits per heavy atom. The van der Waals surface area contributed by atoms with Gasteiger partial charge in [0.05, 0.1) is 12.4 Å². The van der Waals surface area contributed by atoms with Crippen molar-refractivity contribution in [3.63, 3.8) is 0 Å². The maximum Gasteiger partial charge on any atom is 0.279 e. The predicted molar refractivity (Wildman–Crippen MR) is 99.0 cm³/mol. The van der Waals surface area contributed by atoms with Gasteiger partial charge in [0.15, 0.2) is 5.65 Å². The molecule has 140 valence electrons. The highest BCUT2D eigenvalue weighted by atomic mass is 19.1. The zero-order valence-electron chi connectivity index (χ0n) is 14.2. The van der Waals surface area contributed by atoms with Crippen molar-refractivity contribution in [2.75, 3.05) is 11.1 Å². The third kappa shape index (κ3) is 2.90. The second kappa shape index (κ2) is 6.46. The molecular weight excluding hydrogens is 367 g/mol. The minimum atomic E-state index is -0.705. The molecule has 0 atom stereocenters. The molecule has 5 N–H and O–H groups in total. The van der Waals surface area contributed by atoms with Gasteiger partial charge in [-0.05, 0) is 24.3 Å². The molecule has 0 aliphatic rings. The van der Waals surface area contributed by atoms with Gasteiger partial charge in [0.25, 0.3) is 11.5 Å². The topological polar surface area (TPSA) is 146 Å². The number of nitrogens with two attached hydrogens (primary N) is 2. The number of hydrogen-bond acceptors (Lipinski definition) is 7. The van der Waals surface area contributed by atoms with E-state index in [9.17, 15) is 14.0 Å². The van der Waals surface area contributed by atoms with Gasteiger partial charge < -0.3 is 16.8 Å². The van der Waals surface area contributed by atoms with Crippen LogP contribution in [0.25, 0.3) is 11.5 Å². The van der Waals surface area contributed by atoms with E-state index in [1.54, 1.807) is 6.07 Å². The lowest BCUT2D eigenvalue weighted by atomic mass is 10.3. The predicted octanol–water partition coefficient (Wildman–Crippen LogP) is 0.839. The van der Waals surface area contributed by atoms with Crippen molar-refractivity contribution >= 4 is 28.9 Å². The van der Waals surface area contributed by atoms with Gasteiger partial charge in [0, 0.05) is 12.3 Å². The maximum absolute atomic E-state index is 13.1. The van der Waals surface area contributed by atoms with E-state index < -0.39 is 17.3 Å². The number of nitrogens with one attached hydrogen (secondary N) is 1. The molecule has 1 amide bonds. The number of fused-ring (bicyclic) bond motifs is 1. The monoisotopic (exact) mass is 380 g/mol. The second-order valence-electron chi connectivity index (χ2n) is 5.78. The lowest BCUT2D eigenvalue weighted by Gasteiger charge is -2.10. The van der Waals surface area contributed by atoms with E-state index in [2.05, 4.69) is 20.4 Å². The quantitative estimate of drug-likeness (QED) is 0.475. The van der Waals surface area contributed by atoms with Gasteiger partial charge in [0.2, 0.25) is 0 Å². The molecule has 0 saturated carbocycles. The SMILES string of the molecule is NC(=O)c1cnn2c(N)cc(Nc3cccn(-c4ccc(F)cn4)c3=O)nc12. The van der Waals surface area contributed by atoms with Crippen LogP contribution < -0.4 is 22.3 Å². The number of rotatable bonds is 4. The number of hydrogen-bond donors (Lipinski definition) is 3. The van der Waals surface area contributed by atoms with Crippen molar-refractivity contribution in [3.05, 3.63) is 70.7 Å². The average molecular weight is 380 g/mol. The summed E-state index contributed by atoms with van der Waals surface area (Å²) in [5, 5.41) is 6.82. The Bertz CT molecular complexity index is 1260. The van der Waals surface area contributed by atoms with Crippen molar-refractivity contribution in [1.82, 2.24) is 24.1 Å². The maximum atomic E-state index is 13.1. The van der Waals surface area contributed by atoms with Crippen LogP contribution in [0.3, 0.4) is 0 Å². The molecule has 0 radical (unpaired) electrons. The van der Waals surface area contributed by atoms with Crippen LogP contribution in [0.15, 0.2) is 53.7 Å². The first kappa shape index (κ1) is 17.1. The number of nitrogen functional groups attached to an aromatic ring is 1. The molecule has 0 unspecified atom stereocenters. The molecule has 0 saturated heterocycles. The molecule has 0 spiro atoms. The van der Waals surface area contributed by atoms with Gasteiger partial charge in [-0.3, -0.25) is 14.2 Å². The first-order chi connectivity index (χ1) is 13.4. The Morgan fingerprint density at radius 3 is 2.75 bits per heavy atom. The van der Waals surface area contributed by atoms with Crippen molar-refractivity contribution in [1.29, 1.82) is 0 Å². The van der Waals surface area contributed by atoms with E-state index in [0.717, 1.165) is 6.20 Å². The van der Waals surface area contributed by atoms with Gasteiger partial charge in [0.1, 0.15) is 34.5 Å². The summed E-state index contributed by atoms with van der Waals surface area (Å²) in [6.45, 7) is 0. The van der Waals surface area contributed by atoms with E-state index >= 15 is 0 Å². The largest absolute Gasteiger partial charge is 0.383 e. The summed E-state index contributed by atoms with van der Waals surface area (Å²) in [4.78, 5) is 32.4. The molecule has 28 heavy (non-hydrogen) atoms. The summed E-state index contributed by atoms with van der Waals surface area (Å²) in [5.74, 6) is -0.551. The highest BCUT2D eigenvalue weighted by Crippen LogP contribution is 2.19. The summed E-state index contributed by atoms with van der Waals surface area (Å²) in [5.41, 5.74) is 11.2. The number of amides is 1. The van der Waals surface area contributed by atoms with Gasteiger partial charge in [-0.2, -0.15) is 9.61 Å². The van der Waals surface area contributed by atoms with Crippen LogP contribution in [0, 0.1) is 5.82 Å². The van der Waals surface area contributed by atoms with E-state index in [1.807, 2.05) is 0 Å². The molecule has 0 aromatic carbocycles. The van der Waals surface area contributed by atoms with Crippen molar-refractivity contribution in [2.24, 2.45) is 5.73 Å². The van der Waals surface area contributed by atoms with Crippen molar-refractivity contribution in [2.45, 2.75) is 0 Å². The fraction of sp³-hybridized carbons (Fsp3) is 0. The minimum absolute atomic E-state index is 0.0938. The molecular formula is C17H13FN8O2. The van der Waals surface area contributed by atoms with Gasteiger partial charge in [-0.15, -0.1) is 0 Å². The Labute approximate surface area is 156 Å². The van der Waals surface area contributed by atoms with Crippen LogP contribution in [-0.2, 0) is 0 Å². The number of carbonyl (C=O) groups is 1. The Morgan fingerprint density at radius 2 is 2.04 bits per heavy atom. The Balaban J connectivity index is 1.76. The average Bonchev–Trinajstić information content (AvgIpc) is 3.09. The molecule has 10 nitrogen and oxygen atoms in total. The number of anilines is 3. The van der Waals surface area contributed by atoms with Crippen LogP contribution in [0.5, 0.6) is 0 Å². The fourth-order valence-corrected chi connectivity index (χ4v) is 2.64. The first-order valence-electron chi connectivity index (χ1n) is 7.99. The fourth-order valence-electron chi connectivity index (χ4n) is 2.64. The van der Waals surface area contributed by atoms with E-state index in [1.165, 1.54) is 45.7 Å². The van der Waals surface area contributed by atoms with Crippen LogP contribution in [-0.4, -0.2) is 30.1 Å². The van der Waals surface area contributed by atoms with E-state index in [-0.39, 0.29) is 34.4 Å². The van der Waals surface area contributed by atoms with Crippen LogP contribution in [0.1, 0.15) is 10.4 Å². The zero-order valence-corrected chi connectivity index (χ0v) is 14.2. The third-order valence-corrected chi connectivity index (χ3v) is 3.93. The number of aromatic nitrogens is 5. The zero-order chi connectivity index (χ0) is 19.8. The number of primary amides is 1. The number of nitrogens with zero attached hydrogens (tertiary/aromatic N) is 5. The lowest BCUT2D eigenvalue weighted by molar-refractivity contribution is 0.100.